The molecule has 1 aliphatic heterocycles. The first-order valence-electron chi connectivity index (χ1n) is 5.61. The number of rotatable bonds is 2. The second kappa shape index (κ2) is 4.80. The molecule has 1 N–H and O–H groups in total. The molecule has 0 aliphatic carbocycles. The number of thioether (sulfide) groups is 1. The topological polar surface area (TPSA) is 35.8 Å². The summed E-state index contributed by atoms with van der Waals surface area (Å²) in [4.78, 5) is 1.32. The standard InChI is InChI=1S/C13H16N2S/c1-9(2)11-4-3-5-12-13(11)15-10(6-7-14)8-16-12/h3-5,9-10,15H,6,8H2,1-2H3. The van der Waals surface area contributed by atoms with Gasteiger partial charge in [0.25, 0.3) is 0 Å². The van der Waals surface area contributed by atoms with Crippen LogP contribution in [0.2, 0.25) is 0 Å². The van der Waals surface area contributed by atoms with Crippen LogP contribution in [0.5, 0.6) is 0 Å². The van der Waals surface area contributed by atoms with Gasteiger partial charge in [0.05, 0.1) is 18.2 Å². The van der Waals surface area contributed by atoms with Crippen molar-refractivity contribution < 1.29 is 0 Å². The molecule has 2 rings (SSSR count). The number of anilines is 1. The van der Waals surface area contributed by atoms with Gasteiger partial charge in [-0.15, -0.1) is 11.8 Å². The molecular weight excluding hydrogens is 216 g/mol. The van der Waals surface area contributed by atoms with Gasteiger partial charge in [-0.05, 0) is 17.5 Å². The Morgan fingerprint density at radius 2 is 2.38 bits per heavy atom. The van der Waals surface area contributed by atoms with Crippen molar-refractivity contribution in [3.05, 3.63) is 23.8 Å². The van der Waals surface area contributed by atoms with Crippen LogP contribution in [0.25, 0.3) is 0 Å². The third kappa shape index (κ3) is 2.17. The molecule has 1 aromatic carbocycles. The molecular formula is C13H16N2S. The Hall–Kier alpha value is -1.14. The molecule has 1 aromatic rings. The van der Waals surface area contributed by atoms with Crippen LogP contribution in [0.3, 0.4) is 0 Å². The molecule has 0 saturated carbocycles. The van der Waals surface area contributed by atoms with E-state index in [0.29, 0.717) is 18.4 Å². The lowest BCUT2D eigenvalue weighted by atomic mass is 10.0. The van der Waals surface area contributed by atoms with Gasteiger partial charge in [0.2, 0.25) is 0 Å². The molecule has 1 atom stereocenters. The molecule has 0 fully saturated rings. The predicted octanol–water partition coefficient (Wildman–Crippen LogP) is 3.61. The zero-order valence-corrected chi connectivity index (χ0v) is 10.5. The Morgan fingerprint density at radius 3 is 3.06 bits per heavy atom. The lowest BCUT2D eigenvalue weighted by Crippen LogP contribution is -2.26. The molecule has 0 radical (unpaired) electrons. The highest BCUT2D eigenvalue weighted by atomic mass is 32.2. The van der Waals surface area contributed by atoms with E-state index in [4.69, 9.17) is 5.26 Å². The second-order valence-electron chi connectivity index (χ2n) is 4.39. The summed E-state index contributed by atoms with van der Waals surface area (Å²) >= 11 is 1.85. The van der Waals surface area contributed by atoms with Gasteiger partial charge in [0, 0.05) is 16.7 Å². The molecule has 0 aromatic heterocycles. The van der Waals surface area contributed by atoms with E-state index in [-0.39, 0.29) is 0 Å². The Kier molecular flexibility index (Phi) is 3.40. The molecule has 0 bridgehead atoms. The van der Waals surface area contributed by atoms with Gasteiger partial charge in [-0.3, -0.25) is 0 Å². The van der Waals surface area contributed by atoms with Crippen LogP contribution >= 0.6 is 11.8 Å². The van der Waals surface area contributed by atoms with E-state index >= 15 is 0 Å². The zero-order valence-electron chi connectivity index (χ0n) is 9.66. The van der Waals surface area contributed by atoms with E-state index in [1.54, 1.807) is 0 Å². The third-order valence-corrected chi connectivity index (χ3v) is 4.03. The van der Waals surface area contributed by atoms with Crippen molar-refractivity contribution in [2.75, 3.05) is 11.1 Å². The number of hydrogen-bond acceptors (Lipinski definition) is 3. The van der Waals surface area contributed by atoms with Crippen LogP contribution in [0.4, 0.5) is 5.69 Å². The monoisotopic (exact) mass is 232 g/mol. The highest BCUT2D eigenvalue weighted by molar-refractivity contribution is 7.99. The molecule has 84 valence electrons. The molecule has 1 unspecified atom stereocenters. The second-order valence-corrected chi connectivity index (χ2v) is 5.45. The fraction of sp³-hybridized carbons (Fsp3) is 0.462. The van der Waals surface area contributed by atoms with Gasteiger partial charge >= 0.3 is 0 Å². The first kappa shape index (κ1) is 11.3. The van der Waals surface area contributed by atoms with Crippen molar-refractivity contribution in [1.29, 1.82) is 5.26 Å². The maximum absolute atomic E-state index is 8.75. The number of para-hydroxylation sites is 1. The summed E-state index contributed by atoms with van der Waals surface area (Å²) in [5, 5.41) is 12.3. The van der Waals surface area contributed by atoms with Gasteiger partial charge in [0.1, 0.15) is 0 Å². The number of nitrogens with one attached hydrogen (secondary N) is 1. The molecule has 3 heteroatoms. The summed E-state index contributed by atoms with van der Waals surface area (Å²) in [5.41, 5.74) is 2.60. The average Bonchev–Trinajstić information content (AvgIpc) is 2.28. The largest absolute Gasteiger partial charge is 0.379 e. The van der Waals surface area contributed by atoms with Crippen molar-refractivity contribution >= 4 is 17.4 Å². The van der Waals surface area contributed by atoms with E-state index in [0.717, 1.165) is 5.75 Å². The van der Waals surface area contributed by atoms with Gasteiger partial charge < -0.3 is 5.32 Å². The fourth-order valence-corrected chi connectivity index (χ4v) is 3.04. The highest BCUT2D eigenvalue weighted by Crippen LogP contribution is 2.38. The third-order valence-electron chi connectivity index (χ3n) is 2.81. The van der Waals surface area contributed by atoms with Crippen LogP contribution in [0, 0.1) is 11.3 Å². The van der Waals surface area contributed by atoms with Crippen molar-refractivity contribution in [3.8, 4) is 6.07 Å². The van der Waals surface area contributed by atoms with E-state index in [1.165, 1.54) is 16.1 Å². The molecule has 1 aliphatic rings. The van der Waals surface area contributed by atoms with E-state index in [1.807, 2.05) is 11.8 Å². The van der Waals surface area contributed by atoms with Crippen LogP contribution in [-0.4, -0.2) is 11.8 Å². The van der Waals surface area contributed by atoms with E-state index in [9.17, 15) is 0 Å². The number of nitrogens with zero attached hydrogens (tertiary/aromatic N) is 1. The maximum atomic E-state index is 8.75. The van der Waals surface area contributed by atoms with Crippen molar-refractivity contribution in [2.45, 2.75) is 37.1 Å². The van der Waals surface area contributed by atoms with Crippen LogP contribution < -0.4 is 5.32 Å². The molecule has 0 saturated heterocycles. The molecule has 0 amide bonds. The zero-order chi connectivity index (χ0) is 11.5. The Labute approximate surface area is 101 Å². The van der Waals surface area contributed by atoms with E-state index < -0.39 is 0 Å². The summed E-state index contributed by atoms with van der Waals surface area (Å²) in [6.07, 6.45) is 0.582. The SMILES string of the molecule is CC(C)c1cccc2c1NC(CC#N)CS2. The minimum atomic E-state index is 0.294. The summed E-state index contributed by atoms with van der Waals surface area (Å²) in [6, 6.07) is 8.98. The van der Waals surface area contributed by atoms with Crippen molar-refractivity contribution in [1.82, 2.24) is 0 Å². The number of hydrogen-bond donors (Lipinski definition) is 1. The summed E-state index contributed by atoms with van der Waals surface area (Å²) in [7, 11) is 0. The minimum absolute atomic E-state index is 0.294. The van der Waals surface area contributed by atoms with Gasteiger partial charge in [-0.2, -0.15) is 5.26 Å². The fourth-order valence-electron chi connectivity index (χ4n) is 1.96. The summed E-state index contributed by atoms with van der Waals surface area (Å²) < 4.78 is 0. The van der Waals surface area contributed by atoms with Crippen molar-refractivity contribution in [2.24, 2.45) is 0 Å². The molecule has 1 heterocycles. The predicted molar refractivity (Wildman–Crippen MR) is 68.9 cm³/mol. The number of fused-ring (bicyclic) bond motifs is 1. The highest BCUT2D eigenvalue weighted by Gasteiger charge is 2.21. The Balaban J connectivity index is 2.31. The molecule has 2 nitrogen and oxygen atoms in total. The van der Waals surface area contributed by atoms with Crippen LogP contribution in [0.1, 0.15) is 31.7 Å². The Morgan fingerprint density at radius 1 is 1.56 bits per heavy atom. The van der Waals surface area contributed by atoms with Gasteiger partial charge in [-0.1, -0.05) is 26.0 Å². The van der Waals surface area contributed by atoms with E-state index in [2.05, 4.69) is 43.4 Å². The molecule has 0 spiro atoms. The van der Waals surface area contributed by atoms with Crippen molar-refractivity contribution in [3.63, 3.8) is 0 Å². The average molecular weight is 232 g/mol. The maximum Gasteiger partial charge on any atom is 0.0643 e. The van der Waals surface area contributed by atoms with Gasteiger partial charge in [0.15, 0.2) is 0 Å². The lowest BCUT2D eigenvalue weighted by Gasteiger charge is -2.28. The smallest absolute Gasteiger partial charge is 0.0643 e. The summed E-state index contributed by atoms with van der Waals surface area (Å²) in [6.45, 7) is 4.41. The normalized spacial score (nSPS) is 18.8. The number of nitriles is 1. The van der Waals surface area contributed by atoms with Gasteiger partial charge in [-0.25, -0.2) is 0 Å². The number of benzene rings is 1. The molecule has 16 heavy (non-hydrogen) atoms. The quantitative estimate of drug-likeness (QED) is 0.846. The van der Waals surface area contributed by atoms with Crippen LogP contribution in [0.15, 0.2) is 23.1 Å². The minimum Gasteiger partial charge on any atom is -0.379 e. The first-order valence-corrected chi connectivity index (χ1v) is 6.60. The lowest BCUT2D eigenvalue weighted by molar-refractivity contribution is 0.799. The summed E-state index contributed by atoms with van der Waals surface area (Å²) in [5.74, 6) is 1.51. The van der Waals surface area contributed by atoms with Crippen LogP contribution in [-0.2, 0) is 0 Å². The Bertz CT molecular complexity index is 420. The first-order chi connectivity index (χ1) is 7.72.